The molecule has 1 saturated heterocycles. The van der Waals surface area contributed by atoms with Gasteiger partial charge in [-0.1, -0.05) is 35.9 Å². The van der Waals surface area contributed by atoms with Crippen molar-refractivity contribution in [1.82, 2.24) is 9.80 Å². The third-order valence-corrected chi connectivity index (χ3v) is 4.66. The van der Waals surface area contributed by atoms with E-state index in [0.717, 1.165) is 25.9 Å². The van der Waals surface area contributed by atoms with Crippen LogP contribution in [0.3, 0.4) is 0 Å². The minimum absolute atomic E-state index is 0.0904. The van der Waals surface area contributed by atoms with Crippen molar-refractivity contribution in [2.75, 3.05) is 40.8 Å². The number of piperidine rings is 1. The van der Waals surface area contributed by atoms with Gasteiger partial charge in [0.15, 0.2) is 0 Å². The molecule has 1 heterocycles. The lowest BCUT2D eigenvalue weighted by Crippen LogP contribution is -2.47. The number of benzene rings is 1. The van der Waals surface area contributed by atoms with Crippen LogP contribution in [0.5, 0.6) is 0 Å². The summed E-state index contributed by atoms with van der Waals surface area (Å²) in [6.45, 7) is 4.37. The molecule has 1 fully saturated rings. The SMILES string of the molecule is CO[C@@H]1CN(C(=O)C=CCN(C)C)CC[C@@H]1Cc1ccc(C)cc1. The Balaban J connectivity index is 1.91. The van der Waals surface area contributed by atoms with Crippen molar-refractivity contribution in [3.8, 4) is 0 Å². The van der Waals surface area contributed by atoms with Crippen LogP contribution in [0.25, 0.3) is 0 Å². The summed E-state index contributed by atoms with van der Waals surface area (Å²) < 4.78 is 5.70. The summed E-state index contributed by atoms with van der Waals surface area (Å²) >= 11 is 0. The Labute approximate surface area is 146 Å². The van der Waals surface area contributed by atoms with Gasteiger partial charge in [-0.2, -0.15) is 0 Å². The molecule has 2 atom stereocenters. The topological polar surface area (TPSA) is 32.8 Å². The molecular formula is C20H30N2O2. The van der Waals surface area contributed by atoms with Gasteiger partial charge in [-0.3, -0.25) is 4.79 Å². The first kappa shape index (κ1) is 18.7. The Morgan fingerprint density at radius 3 is 2.67 bits per heavy atom. The van der Waals surface area contributed by atoms with E-state index in [1.54, 1.807) is 13.2 Å². The minimum atomic E-state index is 0.0904. The summed E-state index contributed by atoms with van der Waals surface area (Å²) in [5.74, 6) is 0.556. The summed E-state index contributed by atoms with van der Waals surface area (Å²) in [6.07, 6.45) is 5.71. The predicted molar refractivity (Wildman–Crippen MR) is 98.1 cm³/mol. The molecule has 0 unspecified atom stereocenters. The Kier molecular flexibility index (Phi) is 7.00. The van der Waals surface area contributed by atoms with Crippen molar-refractivity contribution in [1.29, 1.82) is 0 Å². The molecule has 4 heteroatoms. The molecule has 1 aromatic rings. The van der Waals surface area contributed by atoms with Crippen LogP contribution in [0.1, 0.15) is 17.5 Å². The van der Waals surface area contributed by atoms with Crippen molar-refractivity contribution in [2.45, 2.75) is 25.9 Å². The fraction of sp³-hybridized carbons (Fsp3) is 0.550. The van der Waals surface area contributed by atoms with E-state index in [9.17, 15) is 4.79 Å². The summed E-state index contributed by atoms with van der Waals surface area (Å²) in [5.41, 5.74) is 2.63. The van der Waals surface area contributed by atoms with Crippen LogP contribution in [-0.2, 0) is 16.0 Å². The van der Waals surface area contributed by atoms with Gasteiger partial charge in [0.2, 0.25) is 5.91 Å². The Bertz CT molecular complexity index is 551. The van der Waals surface area contributed by atoms with Gasteiger partial charge in [0.25, 0.3) is 0 Å². The van der Waals surface area contributed by atoms with Crippen LogP contribution in [0.4, 0.5) is 0 Å². The number of likely N-dealkylation sites (N-methyl/N-ethyl adjacent to an activating group) is 1. The Hall–Kier alpha value is -1.65. The van der Waals surface area contributed by atoms with Crippen molar-refractivity contribution in [3.63, 3.8) is 0 Å². The quantitative estimate of drug-likeness (QED) is 0.752. The van der Waals surface area contributed by atoms with E-state index in [-0.39, 0.29) is 12.0 Å². The smallest absolute Gasteiger partial charge is 0.246 e. The van der Waals surface area contributed by atoms with Gasteiger partial charge in [0.05, 0.1) is 6.10 Å². The van der Waals surface area contributed by atoms with Gasteiger partial charge in [-0.05, 0) is 45.3 Å². The molecule has 0 aliphatic carbocycles. The zero-order chi connectivity index (χ0) is 17.5. The number of nitrogens with zero attached hydrogens (tertiary/aromatic N) is 2. The molecule has 24 heavy (non-hydrogen) atoms. The molecule has 2 rings (SSSR count). The second-order valence-corrected chi connectivity index (χ2v) is 6.96. The van der Waals surface area contributed by atoms with Crippen LogP contribution < -0.4 is 0 Å². The van der Waals surface area contributed by atoms with Crippen LogP contribution in [-0.4, -0.2) is 62.7 Å². The van der Waals surface area contributed by atoms with E-state index in [2.05, 4.69) is 31.2 Å². The molecule has 0 radical (unpaired) electrons. The van der Waals surface area contributed by atoms with Gasteiger partial charge in [-0.15, -0.1) is 0 Å². The third kappa shape index (κ3) is 5.46. The standard InChI is InChI=1S/C20H30N2O2/c1-16-7-9-17(10-8-16)14-18-11-13-22(15-19(18)24-4)20(23)6-5-12-21(2)3/h5-10,18-19H,11-15H2,1-4H3/t18-,19-/m1/s1. The monoisotopic (exact) mass is 330 g/mol. The number of carbonyl (C=O) groups is 1. The highest BCUT2D eigenvalue weighted by Crippen LogP contribution is 2.24. The summed E-state index contributed by atoms with van der Waals surface area (Å²) in [4.78, 5) is 16.3. The van der Waals surface area contributed by atoms with E-state index in [1.807, 2.05) is 30.0 Å². The molecule has 0 N–H and O–H groups in total. The summed E-state index contributed by atoms with van der Waals surface area (Å²) in [5, 5.41) is 0. The molecule has 0 saturated carbocycles. The van der Waals surface area contributed by atoms with Crippen LogP contribution in [0.15, 0.2) is 36.4 Å². The maximum Gasteiger partial charge on any atom is 0.246 e. The van der Waals surface area contributed by atoms with E-state index >= 15 is 0 Å². The number of ether oxygens (including phenoxy) is 1. The first-order valence-electron chi connectivity index (χ1n) is 8.68. The fourth-order valence-corrected chi connectivity index (χ4v) is 3.16. The summed E-state index contributed by atoms with van der Waals surface area (Å²) in [6, 6.07) is 8.71. The van der Waals surface area contributed by atoms with E-state index in [0.29, 0.717) is 12.5 Å². The fourth-order valence-electron chi connectivity index (χ4n) is 3.16. The number of carbonyl (C=O) groups excluding carboxylic acids is 1. The average molecular weight is 330 g/mol. The van der Waals surface area contributed by atoms with E-state index in [4.69, 9.17) is 4.74 Å². The number of hydrogen-bond acceptors (Lipinski definition) is 3. The first-order valence-corrected chi connectivity index (χ1v) is 8.68. The number of likely N-dealkylation sites (tertiary alicyclic amines) is 1. The lowest BCUT2D eigenvalue weighted by atomic mass is 9.87. The minimum Gasteiger partial charge on any atom is -0.379 e. The molecule has 0 bridgehead atoms. The molecule has 1 aliphatic rings. The molecule has 1 aromatic carbocycles. The molecule has 1 aliphatic heterocycles. The lowest BCUT2D eigenvalue weighted by molar-refractivity contribution is -0.131. The first-order chi connectivity index (χ1) is 11.5. The van der Waals surface area contributed by atoms with Crippen LogP contribution in [0, 0.1) is 12.8 Å². The highest BCUT2D eigenvalue weighted by atomic mass is 16.5. The third-order valence-electron chi connectivity index (χ3n) is 4.66. The van der Waals surface area contributed by atoms with Gasteiger partial charge in [0, 0.05) is 32.8 Å². The van der Waals surface area contributed by atoms with Gasteiger partial charge < -0.3 is 14.5 Å². The second-order valence-electron chi connectivity index (χ2n) is 6.96. The van der Waals surface area contributed by atoms with Crippen molar-refractivity contribution in [3.05, 3.63) is 47.5 Å². The van der Waals surface area contributed by atoms with Gasteiger partial charge in [0.1, 0.15) is 0 Å². The average Bonchev–Trinajstić information content (AvgIpc) is 2.56. The lowest BCUT2D eigenvalue weighted by Gasteiger charge is -2.37. The number of aryl methyl sites for hydroxylation is 1. The second kappa shape index (κ2) is 9.00. The Morgan fingerprint density at radius 1 is 1.33 bits per heavy atom. The van der Waals surface area contributed by atoms with Crippen molar-refractivity contribution in [2.24, 2.45) is 5.92 Å². The molecule has 0 spiro atoms. The van der Waals surface area contributed by atoms with Crippen molar-refractivity contribution >= 4 is 5.91 Å². The molecule has 0 aromatic heterocycles. The van der Waals surface area contributed by atoms with Crippen molar-refractivity contribution < 1.29 is 9.53 Å². The zero-order valence-corrected chi connectivity index (χ0v) is 15.4. The molecule has 132 valence electrons. The number of rotatable bonds is 6. The predicted octanol–water partition coefficient (Wildman–Crippen LogP) is 2.52. The molecular weight excluding hydrogens is 300 g/mol. The molecule has 1 amide bonds. The highest BCUT2D eigenvalue weighted by Gasteiger charge is 2.30. The Morgan fingerprint density at radius 2 is 2.04 bits per heavy atom. The zero-order valence-electron chi connectivity index (χ0n) is 15.4. The maximum atomic E-state index is 12.3. The van der Waals surface area contributed by atoms with Gasteiger partial charge >= 0.3 is 0 Å². The number of amides is 1. The van der Waals surface area contributed by atoms with E-state index < -0.39 is 0 Å². The summed E-state index contributed by atoms with van der Waals surface area (Å²) in [7, 11) is 5.74. The maximum absolute atomic E-state index is 12.3. The van der Waals surface area contributed by atoms with E-state index in [1.165, 1.54) is 11.1 Å². The number of methoxy groups -OCH3 is 1. The highest BCUT2D eigenvalue weighted by molar-refractivity contribution is 5.87. The molecule has 4 nitrogen and oxygen atoms in total. The van der Waals surface area contributed by atoms with Crippen LogP contribution in [0.2, 0.25) is 0 Å². The largest absolute Gasteiger partial charge is 0.379 e. The van der Waals surface area contributed by atoms with Gasteiger partial charge in [-0.25, -0.2) is 0 Å². The normalized spacial score (nSPS) is 21.6. The number of hydrogen-bond donors (Lipinski definition) is 0. The van der Waals surface area contributed by atoms with Crippen LogP contribution >= 0.6 is 0 Å².